The van der Waals surface area contributed by atoms with Crippen LogP contribution in [0.5, 0.6) is 0 Å². The first-order valence-corrected chi connectivity index (χ1v) is 13.2. The standard InChI is InChI=1S/C13H31OSSi2/c1-10-12(15(6,7)16)17(8,9)14-11(2)13(3,4)5/h11-12H,10H2,1-9H3. The highest BCUT2D eigenvalue weighted by atomic mass is 32.4. The summed E-state index contributed by atoms with van der Waals surface area (Å²) in [6.45, 7) is 16.0. The van der Waals surface area contributed by atoms with E-state index in [1.807, 2.05) is 0 Å². The van der Waals surface area contributed by atoms with E-state index < -0.39 is 17.8 Å². The van der Waals surface area contributed by atoms with Gasteiger partial charge in [-0.25, -0.2) is 0 Å². The third-order valence-electron chi connectivity index (χ3n) is 3.56. The second-order valence-electron chi connectivity index (χ2n) is 7.03. The van der Waals surface area contributed by atoms with Crippen molar-refractivity contribution in [3.63, 3.8) is 0 Å². The van der Waals surface area contributed by atoms with Gasteiger partial charge in [0.25, 0.3) is 0 Å². The van der Waals surface area contributed by atoms with Crippen LogP contribution in [0.4, 0.5) is 0 Å². The van der Waals surface area contributed by atoms with Crippen molar-refractivity contribution < 1.29 is 4.43 Å². The van der Waals surface area contributed by atoms with E-state index in [1.54, 1.807) is 0 Å². The van der Waals surface area contributed by atoms with E-state index in [4.69, 9.17) is 4.43 Å². The van der Waals surface area contributed by atoms with Gasteiger partial charge in [-0.3, -0.25) is 9.48 Å². The van der Waals surface area contributed by atoms with E-state index >= 15 is 0 Å². The maximum absolute atomic E-state index is 6.51. The molecule has 2 atom stereocenters. The third-order valence-corrected chi connectivity index (χ3v) is 13.3. The van der Waals surface area contributed by atoms with Crippen LogP contribution in [0.2, 0.25) is 13.1 Å². The lowest BCUT2D eigenvalue weighted by Gasteiger charge is -2.46. The van der Waals surface area contributed by atoms with Gasteiger partial charge >= 0.3 is 0 Å². The Kier molecular flexibility index (Phi) is 6.06. The fraction of sp³-hybridized carbons (Fsp3) is 1.00. The summed E-state index contributed by atoms with van der Waals surface area (Å²) < 4.78 is 6.51. The Hall–Kier alpha value is 0.744. The molecule has 0 aliphatic carbocycles. The zero-order chi connectivity index (χ0) is 14.1. The Morgan fingerprint density at radius 2 is 1.65 bits per heavy atom. The Morgan fingerprint density at radius 1 is 1.24 bits per heavy atom. The number of rotatable bonds is 5. The van der Waals surface area contributed by atoms with Crippen molar-refractivity contribution in [2.45, 2.75) is 65.1 Å². The lowest BCUT2D eigenvalue weighted by molar-refractivity contribution is 0.0943. The molecule has 0 aromatic rings. The van der Waals surface area contributed by atoms with Crippen LogP contribution < -0.4 is 0 Å². The molecule has 0 amide bonds. The second-order valence-corrected chi connectivity index (χ2v) is 18.1. The molecule has 0 aliphatic heterocycles. The van der Waals surface area contributed by atoms with E-state index in [1.165, 1.54) is 6.42 Å². The molecule has 2 unspecified atom stereocenters. The van der Waals surface area contributed by atoms with Crippen LogP contribution in [-0.2, 0) is 4.43 Å². The van der Waals surface area contributed by atoms with Crippen LogP contribution in [-0.4, -0.2) is 41.2 Å². The smallest absolute Gasteiger partial charge is 0.197 e. The van der Waals surface area contributed by atoms with Crippen LogP contribution in [0.1, 0.15) is 41.0 Å². The van der Waals surface area contributed by atoms with Gasteiger partial charge in [-0.05, 0) is 44.4 Å². The molecule has 0 aliphatic rings. The molecule has 0 N–H and O–H groups in total. The van der Waals surface area contributed by atoms with Crippen molar-refractivity contribution >= 4 is 27.2 Å². The van der Waals surface area contributed by atoms with E-state index in [2.05, 4.69) is 69.6 Å². The molecule has 4 heteroatoms. The van der Waals surface area contributed by atoms with Crippen LogP contribution in [0, 0.1) is 5.41 Å². The van der Waals surface area contributed by atoms with Gasteiger partial charge < -0.3 is 4.43 Å². The van der Waals surface area contributed by atoms with Crippen LogP contribution >= 0.6 is 9.48 Å². The Balaban J connectivity index is 4.88. The van der Waals surface area contributed by atoms with Gasteiger partial charge in [0.15, 0.2) is 8.32 Å². The summed E-state index contributed by atoms with van der Waals surface area (Å²) >= 11 is 0. The molecule has 0 spiro atoms. The van der Waals surface area contributed by atoms with Crippen molar-refractivity contribution in [3.8, 4) is 0 Å². The first-order chi connectivity index (χ1) is 7.32. The zero-order valence-electron chi connectivity index (χ0n) is 13.2. The minimum Gasteiger partial charge on any atom is -0.413 e. The Bertz CT molecular complexity index is 241. The molecule has 0 aromatic carbocycles. The molecule has 103 valence electrons. The van der Waals surface area contributed by atoms with Gasteiger partial charge in [-0.2, -0.15) is 0 Å². The predicted molar refractivity (Wildman–Crippen MR) is 86.8 cm³/mol. The summed E-state index contributed by atoms with van der Waals surface area (Å²) in [5.41, 5.74) is 0.230. The topological polar surface area (TPSA) is 9.23 Å². The lowest BCUT2D eigenvalue weighted by atomic mass is 9.91. The summed E-state index contributed by atoms with van der Waals surface area (Å²) in [7, 11) is 1.60. The van der Waals surface area contributed by atoms with Gasteiger partial charge in [-0.15, -0.1) is 0 Å². The molecule has 3 radical (unpaired) electrons. The molecule has 0 rings (SSSR count). The second kappa shape index (κ2) is 5.80. The Morgan fingerprint density at radius 3 is 1.88 bits per heavy atom. The average Bonchev–Trinajstić information content (AvgIpc) is 1.97. The molecule has 0 heterocycles. The SMILES string of the molecule is CCC([Si](C)(C)OC(C)C(C)(C)C)S(C)(C)[Si]. The van der Waals surface area contributed by atoms with Gasteiger partial charge in [0.05, 0.1) is 9.39 Å². The molecule has 1 nitrogen and oxygen atoms in total. The Labute approximate surface area is 115 Å². The van der Waals surface area contributed by atoms with Gasteiger partial charge in [0.1, 0.15) is 0 Å². The highest BCUT2D eigenvalue weighted by Crippen LogP contribution is 2.47. The summed E-state index contributed by atoms with van der Waals surface area (Å²) in [5.74, 6) is 0. The summed E-state index contributed by atoms with van der Waals surface area (Å²) in [5, 5.41) is 0. The normalized spacial score (nSPS) is 18.9. The van der Waals surface area contributed by atoms with Gasteiger partial charge in [0.2, 0.25) is 0 Å². The fourth-order valence-corrected chi connectivity index (χ4v) is 14.5. The number of hydrogen-bond acceptors (Lipinski definition) is 1. The quantitative estimate of drug-likeness (QED) is 0.693. The van der Waals surface area contributed by atoms with Gasteiger partial charge in [0, 0.05) is 11.0 Å². The highest BCUT2D eigenvalue weighted by Gasteiger charge is 2.40. The monoisotopic (exact) mass is 291 g/mol. The molecular weight excluding hydrogens is 260 g/mol. The zero-order valence-corrected chi connectivity index (χ0v) is 16.0. The highest BCUT2D eigenvalue weighted by molar-refractivity contribution is 8.50. The summed E-state index contributed by atoms with van der Waals surface area (Å²) in [6, 6.07) is 0. The van der Waals surface area contributed by atoms with E-state index in [0.29, 0.717) is 11.0 Å². The predicted octanol–water partition coefficient (Wildman–Crippen LogP) is 4.11. The van der Waals surface area contributed by atoms with Crippen LogP contribution in [0.15, 0.2) is 0 Å². The van der Waals surface area contributed by atoms with Crippen molar-refractivity contribution in [1.82, 2.24) is 0 Å². The lowest BCUT2D eigenvalue weighted by Crippen LogP contribution is -2.50. The molecule has 0 saturated carbocycles. The van der Waals surface area contributed by atoms with E-state index in [0.717, 1.165) is 0 Å². The molecule has 0 fully saturated rings. The van der Waals surface area contributed by atoms with Crippen molar-refractivity contribution in [3.05, 3.63) is 0 Å². The first kappa shape index (κ1) is 17.7. The molecule has 0 saturated heterocycles. The molecular formula is C13H31OSSi2. The number of hydrogen-bond donors (Lipinski definition) is 0. The van der Waals surface area contributed by atoms with Crippen molar-refractivity contribution in [2.75, 3.05) is 12.5 Å². The summed E-state index contributed by atoms with van der Waals surface area (Å²) in [4.78, 5) is 0.705. The van der Waals surface area contributed by atoms with Crippen LogP contribution in [0.3, 0.4) is 0 Å². The maximum atomic E-state index is 6.51. The minimum atomic E-state index is -1.65. The molecule has 0 bridgehead atoms. The first-order valence-electron chi connectivity index (χ1n) is 6.47. The third kappa shape index (κ3) is 5.49. The fourth-order valence-electron chi connectivity index (χ4n) is 2.33. The molecule has 17 heavy (non-hydrogen) atoms. The largest absolute Gasteiger partial charge is 0.413 e. The molecule has 0 aromatic heterocycles. The minimum absolute atomic E-state index is 0.230. The summed E-state index contributed by atoms with van der Waals surface area (Å²) in [6.07, 6.45) is 6.23. The van der Waals surface area contributed by atoms with Crippen LogP contribution in [0.25, 0.3) is 0 Å². The van der Waals surface area contributed by atoms with E-state index in [9.17, 15) is 0 Å². The van der Waals surface area contributed by atoms with Gasteiger partial charge in [-0.1, -0.05) is 27.7 Å². The average molecular weight is 292 g/mol. The maximum Gasteiger partial charge on any atom is 0.197 e. The van der Waals surface area contributed by atoms with E-state index in [-0.39, 0.29) is 5.41 Å². The van der Waals surface area contributed by atoms with Crippen molar-refractivity contribution in [2.24, 2.45) is 5.41 Å². The van der Waals surface area contributed by atoms with Crippen molar-refractivity contribution in [1.29, 1.82) is 0 Å².